The maximum absolute atomic E-state index is 12.7. The predicted octanol–water partition coefficient (Wildman–Crippen LogP) is 4.26. The van der Waals surface area contributed by atoms with Crippen LogP contribution in [0.3, 0.4) is 0 Å². The summed E-state index contributed by atoms with van der Waals surface area (Å²) in [5, 5.41) is 14.6. The van der Waals surface area contributed by atoms with Crippen molar-refractivity contribution in [3.63, 3.8) is 0 Å². The zero-order valence-corrected chi connectivity index (χ0v) is 20.9. The molecule has 11 heteroatoms. The molecule has 0 unspecified atom stereocenters. The second-order valence-corrected chi connectivity index (χ2v) is 9.96. The van der Waals surface area contributed by atoms with Gasteiger partial charge in [-0.2, -0.15) is 5.10 Å². The van der Waals surface area contributed by atoms with Crippen molar-refractivity contribution in [2.45, 2.75) is 38.8 Å². The van der Waals surface area contributed by atoms with E-state index in [1.807, 2.05) is 38.2 Å². The number of aromatic nitrogens is 6. The van der Waals surface area contributed by atoms with Gasteiger partial charge in [0.1, 0.15) is 29.4 Å². The molecule has 0 radical (unpaired) electrons. The number of aliphatic hydroxyl groups is 1. The fourth-order valence-corrected chi connectivity index (χ4v) is 4.86. The number of carbonyl (C=O) groups is 1. The summed E-state index contributed by atoms with van der Waals surface area (Å²) >= 11 is 0. The topological polar surface area (TPSA) is 131 Å². The van der Waals surface area contributed by atoms with Crippen LogP contribution in [0.2, 0.25) is 0 Å². The molecule has 1 aliphatic carbocycles. The van der Waals surface area contributed by atoms with Gasteiger partial charge in [0.05, 0.1) is 53.3 Å². The van der Waals surface area contributed by atoms with Gasteiger partial charge in [0.25, 0.3) is 0 Å². The number of H-pyrrole nitrogens is 1. The average Bonchev–Trinajstić information content (AvgIpc) is 3.25. The summed E-state index contributed by atoms with van der Waals surface area (Å²) in [7, 11) is 0. The standard InChI is InChI=1S/C27H25N7O4/c1-15-21(5-4-19-23(15)31-16(2)30-19)38-22-6-3-18-24(25(22)34-9-10-37-26(34)35)32-20(12-28-18)17-11-29-33(13-17)14-27(36)7-8-27/h3-6,11-13,36H,7-10,14H2,1-2H3,(H,30,31). The van der Waals surface area contributed by atoms with Crippen LogP contribution in [-0.4, -0.2) is 59.7 Å². The first-order valence-electron chi connectivity index (χ1n) is 12.5. The highest BCUT2D eigenvalue weighted by Gasteiger charge is 2.41. The Bertz CT molecular complexity index is 1740. The summed E-state index contributed by atoms with van der Waals surface area (Å²) < 4.78 is 13.4. The highest BCUT2D eigenvalue weighted by Crippen LogP contribution is 2.41. The summed E-state index contributed by atoms with van der Waals surface area (Å²) in [5.74, 6) is 1.91. The minimum Gasteiger partial charge on any atom is -0.455 e. The third-order valence-corrected chi connectivity index (χ3v) is 7.09. The van der Waals surface area contributed by atoms with Crippen molar-refractivity contribution in [1.29, 1.82) is 0 Å². The van der Waals surface area contributed by atoms with Crippen molar-refractivity contribution in [2.75, 3.05) is 18.1 Å². The number of amides is 1. The van der Waals surface area contributed by atoms with Gasteiger partial charge in [0.2, 0.25) is 0 Å². The first-order chi connectivity index (χ1) is 18.4. The Hall–Kier alpha value is -4.51. The Labute approximate surface area is 217 Å². The van der Waals surface area contributed by atoms with Crippen molar-refractivity contribution >= 4 is 33.8 Å². The van der Waals surface area contributed by atoms with E-state index in [-0.39, 0.29) is 6.61 Å². The fraction of sp³-hybridized carbons (Fsp3) is 0.296. The molecule has 2 N–H and O–H groups in total. The van der Waals surface area contributed by atoms with E-state index < -0.39 is 11.7 Å². The first kappa shape index (κ1) is 22.7. The number of anilines is 1. The number of aromatic amines is 1. The number of imidazole rings is 1. The average molecular weight is 512 g/mol. The van der Waals surface area contributed by atoms with E-state index in [2.05, 4.69) is 20.1 Å². The van der Waals surface area contributed by atoms with E-state index in [9.17, 15) is 9.90 Å². The molecule has 11 nitrogen and oxygen atoms in total. The first-order valence-corrected chi connectivity index (χ1v) is 12.5. The van der Waals surface area contributed by atoms with Gasteiger partial charge < -0.3 is 19.6 Å². The summed E-state index contributed by atoms with van der Waals surface area (Å²) in [6.45, 7) is 4.95. The number of hydrogen-bond donors (Lipinski definition) is 2. The molecule has 5 aromatic rings. The third-order valence-electron chi connectivity index (χ3n) is 7.09. The largest absolute Gasteiger partial charge is 0.455 e. The van der Waals surface area contributed by atoms with E-state index in [0.717, 1.165) is 40.8 Å². The van der Waals surface area contributed by atoms with Crippen molar-refractivity contribution < 1.29 is 19.4 Å². The van der Waals surface area contributed by atoms with Crippen LogP contribution < -0.4 is 9.64 Å². The lowest BCUT2D eigenvalue weighted by Gasteiger charge is -2.20. The van der Waals surface area contributed by atoms with Gasteiger partial charge in [-0.15, -0.1) is 0 Å². The highest BCUT2D eigenvalue weighted by atomic mass is 16.6. The van der Waals surface area contributed by atoms with Crippen LogP contribution in [0.4, 0.5) is 10.5 Å². The number of carbonyl (C=O) groups excluding carboxylic acids is 1. The number of rotatable bonds is 6. The SMILES string of the molecule is Cc1nc2c(C)c(Oc3ccc4ncc(-c5cnn(CC6(O)CC6)c5)nc4c3N3CCOC3=O)ccc2[nH]1. The lowest BCUT2D eigenvalue weighted by atomic mass is 10.1. The number of aryl methyl sites for hydroxylation is 2. The molecule has 3 aromatic heterocycles. The van der Waals surface area contributed by atoms with Gasteiger partial charge in [-0.1, -0.05) is 0 Å². The molecule has 7 rings (SSSR count). The van der Waals surface area contributed by atoms with Gasteiger partial charge in [-0.25, -0.2) is 14.8 Å². The van der Waals surface area contributed by atoms with Crippen LogP contribution in [0.15, 0.2) is 42.9 Å². The van der Waals surface area contributed by atoms with Gasteiger partial charge in [0.15, 0.2) is 5.75 Å². The fourth-order valence-electron chi connectivity index (χ4n) is 4.86. The van der Waals surface area contributed by atoms with Gasteiger partial charge in [-0.05, 0) is 51.0 Å². The zero-order chi connectivity index (χ0) is 26.0. The van der Waals surface area contributed by atoms with Crippen molar-refractivity contribution in [3.05, 3.63) is 54.2 Å². The third kappa shape index (κ3) is 3.82. The Balaban J connectivity index is 1.33. The smallest absolute Gasteiger partial charge is 0.414 e. The van der Waals surface area contributed by atoms with Crippen LogP contribution in [-0.2, 0) is 11.3 Å². The van der Waals surface area contributed by atoms with E-state index in [4.69, 9.17) is 14.5 Å². The van der Waals surface area contributed by atoms with Crippen molar-refractivity contribution in [3.8, 4) is 22.8 Å². The predicted molar refractivity (Wildman–Crippen MR) is 139 cm³/mol. The molecule has 2 fully saturated rings. The number of ether oxygens (including phenoxy) is 2. The van der Waals surface area contributed by atoms with Crippen molar-refractivity contribution in [2.24, 2.45) is 0 Å². The molecule has 1 saturated heterocycles. The molecule has 1 aliphatic heterocycles. The van der Waals surface area contributed by atoms with Crippen LogP contribution in [0.1, 0.15) is 24.2 Å². The van der Waals surface area contributed by atoms with Crippen LogP contribution in [0, 0.1) is 13.8 Å². The van der Waals surface area contributed by atoms with Crippen LogP contribution in [0.25, 0.3) is 33.3 Å². The molecule has 2 aromatic carbocycles. The number of cyclic esters (lactones) is 1. The second-order valence-electron chi connectivity index (χ2n) is 9.96. The van der Waals surface area contributed by atoms with Crippen LogP contribution >= 0.6 is 0 Å². The minimum absolute atomic E-state index is 0.273. The van der Waals surface area contributed by atoms with Gasteiger partial charge in [-0.3, -0.25) is 14.6 Å². The lowest BCUT2D eigenvalue weighted by Crippen LogP contribution is -2.24. The van der Waals surface area contributed by atoms with E-state index in [1.54, 1.807) is 23.1 Å². The molecule has 1 saturated carbocycles. The highest BCUT2D eigenvalue weighted by molar-refractivity contribution is 6.02. The Kier molecular flexibility index (Phi) is 4.92. The molecule has 38 heavy (non-hydrogen) atoms. The molecule has 192 valence electrons. The monoisotopic (exact) mass is 511 g/mol. The van der Waals surface area contributed by atoms with Gasteiger partial charge >= 0.3 is 6.09 Å². The summed E-state index contributed by atoms with van der Waals surface area (Å²) in [5.41, 5.74) is 4.97. The molecular weight excluding hydrogens is 486 g/mol. The zero-order valence-electron chi connectivity index (χ0n) is 20.9. The summed E-state index contributed by atoms with van der Waals surface area (Å²) in [6.07, 6.45) is 6.33. The number of nitrogens with one attached hydrogen (secondary N) is 1. The second kappa shape index (κ2) is 8.25. The number of hydrogen-bond acceptors (Lipinski definition) is 8. The number of benzene rings is 2. The van der Waals surface area contributed by atoms with E-state index in [0.29, 0.717) is 47.0 Å². The molecule has 4 heterocycles. The minimum atomic E-state index is -0.663. The number of nitrogens with zero attached hydrogens (tertiary/aromatic N) is 6. The maximum atomic E-state index is 12.7. The Morgan fingerprint density at radius 3 is 2.74 bits per heavy atom. The number of fused-ring (bicyclic) bond motifs is 2. The Morgan fingerprint density at radius 1 is 1.11 bits per heavy atom. The Morgan fingerprint density at radius 2 is 1.95 bits per heavy atom. The summed E-state index contributed by atoms with van der Waals surface area (Å²) in [4.78, 5) is 31.6. The van der Waals surface area contributed by atoms with Crippen molar-refractivity contribution in [1.82, 2.24) is 29.7 Å². The maximum Gasteiger partial charge on any atom is 0.414 e. The molecular formula is C27H25N7O4. The van der Waals surface area contributed by atoms with E-state index >= 15 is 0 Å². The lowest BCUT2D eigenvalue weighted by molar-refractivity contribution is 0.125. The summed E-state index contributed by atoms with van der Waals surface area (Å²) in [6, 6.07) is 7.43. The van der Waals surface area contributed by atoms with E-state index in [1.165, 1.54) is 4.90 Å². The van der Waals surface area contributed by atoms with Gasteiger partial charge in [0, 0.05) is 17.3 Å². The van der Waals surface area contributed by atoms with Crippen LogP contribution in [0.5, 0.6) is 11.5 Å². The normalized spacial score (nSPS) is 16.4. The molecule has 0 bridgehead atoms. The molecule has 0 atom stereocenters. The molecule has 2 aliphatic rings. The quantitative estimate of drug-likeness (QED) is 0.346. The molecule has 1 amide bonds. The molecule has 0 spiro atoms.